The molecule has 0 saturated heterocycles. The lowest BCUT2D eigenvalue weighted by Gasteiger charge is -2.18. The van der Waals surface area contributed by atoms with Crippen LogP contribution in [0, 0.1) is 0 Å². The molecule has 0 unspecified atom stereocenters. The molecule has 1 aromatic rings. The molecular weight excluding hydrogens is 264 g/mol. The van der Waals surface area contributed by atoms with Gasteiger partial charge in [-0.05, 0) is 31.2 Å². The minimum absolute atomic E-state index is 0.221. The number of methoxy groups -OCH3 is 1. The van der Waals surface area contributed by atoms with Crippen molar-refractivity contribution < 1.29 is 13.2 Å². The van der Waals surface area contributed by atoms with Crippen molar-refractivity contribution in [2.45, 2.75) is 24.8 Å². The van der Waals surface area contributed by atoms with E-state index < -0.39 is 10.0 Å². The van der Waals surface area contributed by atoms with E-state index in [1.54, 1.807) is 19.2 Å². The molecule has 0 amide bonds. The largest absolute Gasteiger partial charge is 0.495 e. The van der Waals surface area contributed by atoms with Crippen LogP contribution in [0.5, 0.6) is 5.75 Å². The Balaban J connectivity index is 3.25. The number of sulfonamides is 1. The summed E-state index contributed by atoms with van der Waals surface area (Å²) in [7, 11) is 1.38. The molecule has 0 aliphatic carbocycles. The van der Waals surface area contributed by atoms with Gasteiger partial charge in [0, 0.05) is 20.1 Å². The molecule has 0 radical (unpaired) electrons. The van der Waals surface area contributed by atoms with E-state index in [0.717, 1.165) is 12.0 Å². The zero-order valence-corrected chi connectivity index (χ0v) is 12.8. The number of hydrogen-bond donors (Lipinski definition) is 1. The smallest absolute Gasteiger partial charge is 0.246 e. The van der Waals surface area contributed by atoms with E-state index in [2.05, 4.69) is 5.32 Å². The van der Waals surface area contributed by atoms with Crippen molar-refractivity contribution >= 4 is 10.0 Å². The Hall–Kier alpha value is -1.11. The second-order valence-corrected chi connectivity index (χ2v) is 6.36. The van der Waals surface area contributed by atoms with Crippen LogP contribution in [-0.2, 0) is 16.6 Å². The first-order chi connectivity index (χ1) is 8.97. The Kier molecular flexibility index (Phi) is 5.78. The van der Waals surface area contributed by atoms with Crippen LogP contribution in [-0.4, -0.2) is 40.5 Å². The highest BCUT2D eigenvalue weighted by Gasteiger charge is 2.24. The van der Waals surface area contributed by atoms with Crippen LogP contribution in [0.15, 0.2) is 23.1 Å². The lowest BCUT2D eigenvalue weighted by Crippen LogP contribution is -2.28. The number of benzene rings is 1. The second kappa shape index (κ2) is 6.88. The van der Waals surface area contributed by atoms with Crippen molar-refractivity contribution in [2.24, 2.45) is 0 Å². The Morgan fingerprint density at radius 1 is 1.37 bits per heavy atom. The van der Waals surface area contributed by atoms with E-state index in [-0.39, 0.29) is 4.90 Å². The molecule has 5 nitrogen and oxygen atoms in total. The molecule has 0 atom stereocenters. The third kappa shape index (κ3) is 3.68. The fraction of sp³-hybridized carbons (Fsp3) is 0.538. The highest BCUT2D eigenvalue weighted by Crippen LogP contribution is 2.27. The van der Waals surface area contributed by atoms with Crippen molar-refractivity contribution in [3.63, 3.8) is 0 Å². The lowest BCUT2D eigenvalue weighted by molar-refractivity contribution is 0.397. The third-order valence-corrected chi connectivity index (χ3v) is 4.71. The molecule has 0 fully saturated rings. The molecule has 0 spiro atoms. The Bertz CT molecular complexity index is 515. The maximum atomic E-state index is 12.5. The second-order valence-electron chi connectivity index (χ2n) is 4.34. The summed E-state index contributed by atoms with van der Waals surface area (Å²) in [4.78, 5) is 0.221. The molecule has 19 heavy (non-hydrogen) atoms. The first kappa shape index (κ1) is 15.9. The van der Waals surface area contributed by atoms with Crippen molar-refractivity contribution in [1.82, 2.24) is 9.62 Å². The van der Waals surface area contributed by atoms with Crippen molar-refractivity contribution in [3.8, 4) is 5.75 Å². The summed E-state index contributed by atoms with van der Waals surface area (Å²) in [5.74, 6) is 0.378. The maximum absolute atomic E-state index is 12.5. The monoisotopic (exact) mass is 286 g/mol. The summed E-state index contributed by atoms with van der Waals surface area (Å²) in [5.41, 5.74) is 0.909. The van der Waals surface area contributed by atoms with E-state index in [1.165, 1.54) is 11.4 Å². The fourth-order valence-electron chi connectivity index (χ4n) is 1.84. The average Bonchev–Trinajstić information content (AvgIpc) is 2.39. The molecule has 1 aromatic carbocycles. The van der Waals surface area contributed by atoms with Crippen LogP contribution in [0.1, 0.15) is 18.9 Å². The van der Waals surface area contributed by atoms with Gasteiger partial charge < -0.3 is 10.1 Å². The van der Waals surface area contributed by atoms with Crippen LogP contribution in [0.3, 0.4) is 0 Å². The molecule has 1 N–H and O–H groups in total. The summed E-state index contributed by atoms with van der Waals surface area (Å²) in [5, 5.41) is 3.01. The van der Waals surface area contributed by atoms with Crippen LogP contribution in [0.25, 0.3) is 0 Å². The predicted molar refractivity (Wildman–Crippen MR) is 75.9 cm³/mol. The minimum atomic E-state index is -3.50. The molecule has 1 rings (SSSR count). The predicted octanol–water partition coefficient (Wildman–Crippen LogP) is 1.45. The van der Waals surface area contributed by atoms with E-state index in [4.69, 9.17) is 4.74 Å². The van der Waals surface area contributed by atoms with Gasteiger partial charge in [0.25, 0.3) is 0 Å². The average molecular weight is 286 g/mol. The van der Waals surface area contributed by atoms with Gasteiger partial charge in [0.05, 0.1) is 7.11 Å². The molecular formula is C13H22N2O3S. The minimum Gasteiger partial charge on any atom is -0.495 e. The normalized spacial score (nSPS) is 11.8. The van der Waals surface area contributed by atoms with Crippen LogP contribution in [0.4, 0.5) is 0 Å². The van der Waals surface area contributed by atoms with E-state index in [1.807, 2.05) is 20.0 Å². The topological polar surface area (TPSA) is 58.6 Å². The highest BCUT2D eigenvalue weighted by molar-refractivity contribution is 7.89. The molecule has 0 bridgehead atoms. The number of nitrogens with one attached hydrogen (secondary N) is 1. The highest BCUT2D eigenvalue weighted by atomic mass is 32.2. The Morgan fingerprint density at radius 3 is 2.58 bits per heavy atom. The molecule has 0 aromatic heterocycles. The van der Waals surface area contributed by atoms with Gasteiger partial charge in [0.2, 0.25) is 10.0 Å². The first-order valence-electron chi connectivity index (χ1n) is 6.25. The Morgan fingerprint density at radius 2 is 2.05 bits per heavy atom. The molecule has 0 aliphatic rings. The van der Waals surface area contributed by atoms with Crippen LogP contribution >= 0.6 is 0 Å². The van der Waals surface area contributed by atoms with E-state index >= 15 is 0 Å². The van der Waals surface area contributed by atoms with Crippen LogP contribution in [0.2, 0.25) is 0 Å². The number of nitrogens with zero attached hydrogens (tertiary/aromatic N) is 1. The van der Waals surface area contributed by atoms with Gasteiger partial charge >= 0.3 is 0 Å². The van der Waals surface area contributed by atoms with Gasteiger partial charge in [-0.3, -0.25) is 0 Å². The molecule has 0 aliphatic heterocycles. The zero-order chi connectivity index (χ0) is 14.5. The van der Waals surface area contributed by atoms with Crippen LogP contribution < -0.4 is 10.1 Å². The lowest BCUT2D eigenvalue weighted by atomic mass is 10.2. The summed E-state index contributed by atoms with van der Waals surface area (Å²) >= 11 is 0. The van der Waals surface area contributed by atoms with Gasteiger partial charge in [-0.15, -0.1) is 0 Å². The molecule has 6 heteroatoms. The summed E-state index contributed by atoms with van der Waals surface area (Å²) < 4.78 is 31.5. The zero-order valence-electron chi connectivity index (χ0n) is 11.9. The SMILES string of the molecule is CCCN(C)S(=O)(=O)c1cc(CNC)ccc1OC. The third-order valence-electron chi connectivity index (χ3n) is 2.84. The molecule has 0 saturated carbocycles. The maximum Gasteiger partial charge on any atom is 0.246 e. The number of ether oxygens (including phenoxy) is 1. The van der Waals surface area contributed by atoms with Crippen molar-refractivity contribution in [3.05, 3.63) is 23.8 Å². The van der Waals surface area contributed by atoms with Gasteiger partial charge in [-0.1, -0.05) is 13.0 Å². The first-order valence-corrected chi connectivity index (χ1v) is 7.69. The van der Waals surface area contributed by atoms with Gasteiger partial charge in [-0.2, -0.15) is 0 Å². The molecule has 108 valence electrons. The number of hydrogen-bond acceptors (Lipinski definition) is 4. The Labute approximate surface area is 115 Å². The van der Waals surface area contributed by atoms with E-state index in [9.17, 15) is 8.42 Å². The van der Waals surface area contributed by atoms with Gasteiger partial charge in [0.1, 0.15) is 10.6 Å². The molecule has 0 heterocycles. The van der Waals surface area contributed by atoms with E-state index in [0.29, 0.717) is 18.8 Å². The van der Waals surface area contributed by atoms with Crippen molar-refractivity contribution in [2.75, 3.05) is 27.7 Å². The summed E-state index contributed by atoms with van der Waals surface area (Å²) in [6, 6.07) is 5.21. The summed E-state index contributed by atoms with van der Waals surface area (Å²) in [6.07, 6.45) is 0.772. The van der Waals surface area contributed by atoms with Gasteiger partial charge in [0.15, 0.2) is 0 Å². The summed E-state index contributed by atoms with van der Waals surface area (Å²) in [6.45, 7) is 3.05. The van der Waals surface area contributed by atoms with Gasteiger partial charge in [-0.25, -0.2) is 12.7 Å². The number of rotatable bonds is 7. The fourth-order valence-corrected chi connectivity index (χ4v) is 3.30. The quantitative estimate of drug-likeness (QED) is 0.824. The standard InChI is InChI=1S/C13H22N2O3S/c1-5-8-15(3)19(16,17)13-9-11(10-14-2)6-7-12(13)18-4/h6-7,9,14H,5,8,10H2,1-4H3. The van der Waals surface area contributed by atoms with Crippen molar-refractivity contribution in [1.29, 1.82) is 0 Å².